The van der Waals surface area contributed by atoms with E-state index in [0.717, 1.165) is 30.6 Å². The first kappa shape index (κ1) is 12.0. The molecule has 0 radical (unpaired) electrons. The average molecular weight is 278 g/mol. The van der Waals surface area contributed by atoms with Crippen LogP contribution in [-0.2, 0) is 16.4 Å². The summed E-state index contributed by atoms with van der Waals surface area (Å²) in [4.78, 5) is 0.128. The number of nitrogens with zero attached hydrogens (tertiary/aromatic N) is 1. The first-order chi connectivity index (χ1) is 9.15. The molecule has 2 aromatic rings. The van der Waals surface area contributed by atoms with Crippen LogP contribution in [0.1, 0.15) is 12.0 Å². The third kappa shape index (κ3) is 2.41. The minimum atomic E-state index is -3.56. The van der Waals surface area contributed by atoms with Gasteiger partial charge in [-0.05, 0) is 36.6 Å². The molecule has 0 atom stereocenters. The van der Waals surface area contributed by atoms with Crippen LogP contribution < -0.4 is 10.0 Å². The summed E-state index contributed by atoms with van der Waals surface area (Å²) in [6.45, 7) is 0.965. The fourth-order valence-corrected chi connectivity index (χ4v) is 3.09. The van der Waals surface area contributed by atoms with Gasteiger partial charge in [-0.15, -0.1) is 0 Å². The van der Waals surface area contributed by atoms with Crippen LogP contribution in [0.15, 0.2) is 35.5 Å². The number of rotatable bonds is 3. The number of H-pyrrole nitrogens is 1. The molecule has 0 bridgehead atoms. The molecule has 3 rings (SSSR count). The zero-order valence-corrected chi connectivity index (χ0v) is 11.0. The summed E-state index contributed by atoms with van der Waals surface area (Å²) < 4.78 is 26.6. The van der Waals surface area contributed by atoms with Crippen LogP contribution in [-0.4, -0.2) is 25.2 Å². The van der Waals surface area contributed by atoms with Gasteiger partial charge in [0.25, 0.3) is 10.0 Å². The molecule has 0 saturated carbocycles. The summed E-state index contributed by atoms with van der Waals surface area (Å²) in [7, 11) is -3.56. The highest BCUT2D eigenvalue weighted by Crippen LogP contribution is 2.26. The molecule has 0 saturated heterocycles. The van der Waals surface area contributed by atoms with E-state index in [9.17, 15) is 8.42 Å². The number of sulfonamides is 1. The van der Waals surface area contributed by atoms with E-state index in [2.05, 4.69) is 20.2 Å². The smallest absolute Gasteiger partial charge is 0.265 e. The zero-order valence-electron chi connectivity index (χ0n) is 10.2. The zero-order chi connectivity index (χ0) is 13.3. The highest BCUT2D eigenvalue weighted by molar-refractivity contribution is 7.92. The van der Waals surface area contributed by atoms with Crippen LogP contribution in [0.2, 0.25) is 0 Å². The molecule has 2 heterocycles. The Morgan fingerprint density at radius 3 is 3.00 bits per heavy atom. The predicted octanol–water partition coefficient (Wildman–Crippen LogP) is 1.57. The molecule has 19 heavy (non-hydrogen) atoms. The molecule has 1 aromatic heterocycles. The van der Waals surface area contributed by atoms with E-state index >= 15 is 0 Å². The Bertz CT molecular complexity index is 680. The van der Waals surface area contributed by atoms with Crippen molar-refractivity contribution in [1.82, 2.24) is 10.2 Å². The van der Waals surface area contributed by atoms with E-state index in [-0.39, 0.29) is 4.90 Å². The minimum absolute atomic E-state index is 0.128. The van der Waals surface area contributed by atoms with Crippen molar-refractivity contribution in [2.45, 2.75) is 17.7 Å². The van der Waals surface area contributed by atoms with Gasteiger partial charge in [-0.2, -0.15) is 5.10 Å². The number of aromatic amines is 1. The number of anilines is 2. The van der Waals surface area contributed by atoms with Crippen molar-refractivity contribution in [3.8, 4) is 0 Å². The Balaban J connectivity index is 1.88. The van der Waals surface area contributed by atoms with Gasteiger partial charge in [0, 0.05) is 24.1 Å². The van der Waals surface area contributed by atoms with Gasteiger partial charge in [-0.25, -0.2) is 8.42 Å². The monoisotopic (exact) mass is 278 g/mol. The van der Waals surface area contributed by atoms with Gasteiger partial charge in [-0.3, -0.25) is 9.82 Å². The van der Waals surface area contributed by atoms with Crippen molar-refractivity contribution >= 4 is 21.4 Å². The Kier molecular flexibility index (Phi) is 2.90. The second kappa shape index (κ2) is 4.58. The average Bonchev–Trinajstić information content (AvgIpc) is 2.93. The fourth-order valence-electron chi connectivity index (χ4n) is 2.14. The van der Waals surface area contributed by atoms with E-state index in [1.807, 2.05) is 12.1 Å². The largest absolute Gasteiger partial charge is 0.385 e. The molecule has 1 aromatic carbocycles. The van der Waals surface area contributed by atoms with Crippen molar-refractivity contribution in [2.24, 2.45) is 0 Å². The lowest BCUT2D eigenvalue weighted by molar-refractivity contribution is 0.601. The van der Waals surface area contributed by atoms with Crippen molar-refractivity contribution < 1.29 is 8.42 Å². The Morgan fingerprint density at radius 2 is 2.21 bits per heavy atom. The van der Waals surface area contributed by atoms with E-state index in [1.54, 1.807) is 6.07 Å². The maximum Gasteiger partial charge on any atom is 0.265 e. The van der Waals surface area contributed by atoms with Crippen molar-refractivity contribution in [3.63, 3.8) is 0 Å². The summed E-state index contributed by atoms with van der Waals surface area (Å²) in [5.74, 6) is 0. The van der Waals surface area contributed by atoms with Gasteiger partial charge < -0.3 is 5.32 Å². The van der Waals surface area contributed by atoms with Crippen LogP contribution in [0.3, 0.4) is 0 Å². The summed E-state index contributed by atoms with van der Waals surface area (Å²) >= 11 is 0. The van der Waals surface area contributed by atoms with Crippen LogP contribution in [0.4, 0.5) is 11.4 Å². The third-order valence-electron chi connectivity index (χ3n) is 3.08. The first-order valence-electron chi connectivity index (χ1n) is 6.03. The lowest BCUT2D eigenvalue weighted by atomic mass is 10.0. The minimum Gasteiger partial charge on any atom is -0.385 e. The number of hydrogen-bond acceptors (Lipinski definition) is 4. The maximum atomic E-state index is 12.0. The summed E-state index contributed by atoms with van der Waals surface area (Å²) in [6, 6.07) is 5.54. The van der Waals surface area contributed by atoms with E-state index in [1.165, 1.54) is 12.4 Å². The van der Waals surface area contributed by atoms with Gasteiger partial charge in [0.1, 0.15) is 4.90 Å². The number of fused-ring (bicyclic) bond motifs is 1. The van der Waals surface area contributed by atoms with E-state index in [4.69, 9.17) is 0 Å². The topological polar surface area (TPSA) is 86.9 Å². The molecular weight excluding hydrogens is 264 g/mol. The molecular formula is C12H14N4O2S. The second-order valence-corrected chi connectivity index (χ2v) is 6.12. The number of aryl methyl sites for hydroxylation is 1. The molecule has 1 aliphatic rings. The van der Waals surface area contributed by atoms with Crippen LogP contribution >= 0.6 is 0 Å². The lowest BCUT2D eigenvalue weighted by Gasteiger charge is -2.18. The van der Waals surface area contributed by atoms with Crippen LogP contribution in [0.5, 0.6) is 0 Å². The van der Waals surface area contributed by atoms with Gasteiger partial charge in [0.15, 0.2) is 0 Å². The van der Waals surface area contributed by atoms with Crippen molar-refractivity contribution in [2.75, 3.05) is 16.6 Å². The summed E-state index contributed by atoms with van der Waals surface area (Å²) in [5, 5.41) is 9.43. The molecule has 0 unspecified atom stereocenters. The first-order valence-corrected chi connectivity index (χ1v) is 7.52. The van der Waals surface area contributed by atoms with Gasteiger partial charge >= 0.3 is 0 Å². The molecule has 0 amide bonds. The molecule has 1 aliphatic heterocycles. The molecule has 0 spiro atoms. The summed E-state index contributed by atoms with van der Waals surface area (Å²) in [5.41, 5.74) is 2.79. The predicted molar refractivity (Wildman–Crippen MR) is 72.6 cm³/mol. The number of benzene rings is 1. The van der Waals surface area contributed by atoms with Crippen molar-refractivity contribution in [3.05, 3.63) is 36.2 Å². The van der Waals surface area contributed by atoms with E-state index < -0.39 is 10.0 Å². The Hall–Kier alpha value is -2.02. The second-order valence-electron chi connectivity index (χ2n) is 4.44. The maximum absolute atomic E-state index is 12.0. The molecule has 7 heteroatoms. The number of hydrogen-bond donors (Lipinski definition) is 3. The SMILES string of the molecule is O=S(=O)(Nc1ccc2c(c1)CCCN2)c1cn[nH]c1. The van der Waals surface area contributed by atoms with E-state index in [0.29, 0.717) is 5.69 Å². The number of nitrogens with one attached hydrogen (secondary N) is 3. The number of aromatic nitrogens is 2. The quantitative estimate of drug-likeness (QED) is 0.795. The third-order valence-corrected chi connectivity index (χ3v) is 4.43. The molecule has 0 fully saturated rings. The normalized spacial score (nSPS) is 14.5. The lowest BCUT2D eigenvalue weighted by Crippen LogP contribution is -2.14. The van der Waals surface area contributed by atoms with Crippen LogP contribution in [0.25, 0.3) is 0 Å². The standard InChI is InChI=1S/C12H14N4O2S/c17-19(18,11-7-14-15-8-11)16-10-3-4-12-9(6-10)2-1-5-13-12/h3-4,6-8,13,16H,1-2,5H2,(H,14,15). The van der Waals surface area contributed by atoms with Crippen LogP contribution in [0, 0.1) is 0 Å². The van der Waals surface area contributed by atoms with Gasteiger partial charge in [0.2, 0.25) is 0 Å². The molecule has 6 nitrogen and oxygen atoms in total. The van der Waals surface area contributed by atoms with Crippen molar-refractivity contribution in [1.29, 1.82) is 0 Å². The Labute approximate surface area is 111 Å². The molecule has 3 N–H and O–H groups in total. The van der Waals surface area contributed by atoms with Gasteiger partial charge in [-0.1, -0.05) is 0 Å². The Morgan fingerprint density at radius 1 is 1.32 bits per heavy atom. The molecule has 0 aliphatic carbocycles. The highest BCUT2D eigenvalue weighted by atomic mass is 32.2. The highest BCUT2D eigenvalue weighted by Gasteiger charge is 2.16. The van der Waals surface area contributed by atoms with Gasteiger partial charge in [0.05, 0.1) is 6.20 Å². The summed E-state index contributed by atoms with van der Waals surface area (Å²) in [6.07, 6.45) is 4.65. The molecule has 100 valence electrons. The fraction of sp³-hybridized carbons (Fsp3) is 0.250.